The predicted octanol–water partition coefficient (Wildman–Crippen LogP) is 1.55. The maximum atomic E-state index is 11.3. The molecule has 0 aliphatic carbocycles. The van der Waals surface area contributed by atoms with E-state index in [0.29, 0.717) is 11.4 Å². The van der Waals surface area contributed by atoms with Crippen molar-refractivity contribution in [2.45, 2.75) is 4.90 Å². The molecule has 7 N–H and O–H groups in total. The summed E-state index contributed by atoms with van der Waals surface area (Å²) in [4.78, 5) is -0.320. The number of anilines is 4. The van der Waals surface area contributed by atoms with Gasteiger partial charge < -0.3 is 21.9 Å². The third kappa shape index (κ3) is 2.92. The quantitative estimate of drug-likeness (QED) is 0.329. The molecular weight excluding hydrogens is 282 g/mol. The lowest BCUT2D eigenvalue weighted by atomic mass is 10.2. The minimum absolute atomic E-state index is 0.0179. The van der Waals surface area contributed by atoms with Crippen molar-refractivity contribution in [1.82, 2.24) is 0 Å². The van der Waals surface area contributed by atoms with Gasteiger partial charge in [-0.05, 0) is 30.3 Å². The van der Waals surface area contributed by atoms with Crippen molar-refractivity contribution in [1.29, 1.82) is 0 Å². The van der Waals surface area contributed by atoms with Crippen LogP contribution in [0.2, 0.25) is 0 Å². The summed E-state index contributed by atoms with van der Waals surface area (Å²) >= 11 is 0. The van der Waals surface area contributed by atoms with Gasteiger partial charge in [0.2, 0.25) is 0 Å². The van der Waals surface area contributed by atoms with Gasteiger partial charge in [0, 0.05) is 11.8 Å². The Hall–Kier alpha value is -2.45. The summed E-state index contributed by atoms with van der Waals surface area (Å²) in [6, 6.07) is 8.06. The summed E-state index contributed by atoms with van der Waals surface area (Å²) in [5, 5.41) is 12.0. The topological polar surface area (TPSA) is 139 Å². The summed E-state index contributed by atoms with van der Waals surface area (Å²) in [6.45, 7) is 0. The molecule has 0 atom stereocenters. The van der Waals surface area contributed by atoms with Crippen LogP contribution >= 0.6 is 0 Å². The lowest BCUT2D eigenvalue weighted by molar-refractivity contribution is 0.475. The van der Waals surface area contributed by atoms with Gasteiger partial charge in [0.1, 0.15) is 10.6 Å². The van der Waals surface area contributed by atoms with Gasteiger partial charge >= 0.3 is 0 Å². The minimum atomic E-state index is -4.40. The predicted molar refractivity (Wildman–Crippen MR) is 76.5 cm³/mol. The second-order valence-corrected chi connectivity index (χ2v) is 5.52. The van der Waals surface area contributed by atoms with Crippen molar-refractivity contribution in [3.05, 3.63) is 36.4 Å². The van der Waals surface area contributed by atoms with Gasteiger partial charge in [0.15, 0.2) is 0 Å². The molecule has 0 spiro atoms. The van der Waals surface area contributed by atoms with Gasteiger partial charge in [0.25, 0.3) is 10.1 Å². The molecule has 0 heterocycles. The molecule has 0 amide bonds. The van der Waals surface area contributed by atoms with E-state index in [0.717, 1.165) is 0 Å². The van der Waals surface area contributed by atoms with E-state index in [-0.39, 0.29) is 22.0 Å². The number of hydrogen-bond donors (Lipinski definition) is 5. The number of benzene rings is 2. The molecule has 8 heteroatoms. The van der Waals surface area contributed by atoms with Gasteiger partial charge in [-0.1, -0.05) is 0 Å². The second-order valence-electron chi connectivity index (χ2n) is 4.13. The molecule has 7 nitrogen and oxygen atoms in total. The van der Waals surface area contributed by atoms with Crippen LogP contribution in [0.5, 0.6) is 5.75 Å². The molecule has 2 aromatic carbocycles. The summed E-state index contributed by atoms with van der Waals surface area (Å²) < 4.78 is 31.8. The lowest BCUT2D eigenvalue weighted by Crippen LogP contribution is -2.05. The van der Waals surface area contributed by atoms with Crippen molar-refractivity contribution in [2.24, 2.45) is 0 Å². The van der Waals surface area contributed by atoms with Crippen molar-refractivity contribution >= 4 is 32.9 Å². The Balaban J connectivity index is 2.50. The van der Waals surface area contributed by atoms with Crippen LogP contribution in [0, 0.1) is 0 Å². The van der Waals surface area contributed by atoms with E-state index < -0.39 is 10.1 Å². The SMILES string of the molecule is Nc1ccc(S(=O)(=O)O)c(Nc2ccc(O)cc2N)c1. The zero-order chi connectivity index (χ0) is 14.9. The fraction of sp³-hybridized carbons (Fsp3) is 0. The molecule has 106 valence electrons. The standard InChI is InChI=1S/C12H13N3O4S/c13-7-1-4-12(20(17,18)19)11(5-7)15-10-3-2-8(16)6-9(10)14/h1-6,15-16H,13-14H2,(H,17,18,19). The zero-order valence-electron chi connectivity index (χ0n) is 10.2. The molecule has 0 saturated heterocycles. The Morgan fingerprint density at radius 2 is 1.70 bits per heavy atom. The maximum absolute atomic E-state index is 11.3. The number of nitrogen functional groups attached to an aromatic ring is 2. The maximum Gasteiger partial charge on any atom is 0.296 e. The van der Waals surface area contributed by atoms with Crippen molar-refractivity contribution in [3.63, 3.8) is 0 Å². The molecule has 20 heavy (non-hydrogen) atoms. The molecule has 0 fully saturated rings. The third-order valence-electron chi connectivity index (χ3n) is 2.59. The van der Waals surface area contributed by atoms with Crippen LogP contribution in [0.25, 0.3) is 0 Å². The Labute approximate surface area is 115 Å². The summed E-state index contributed by atoms with van der Waals surface area (Å²) in [5.74, 6) is -0.0179. The first-order valence-electron chi connectivity index (χ1n) is 5.50. The number of hydrogen-bond acceptors (Lipinski definition) is 6. The molecule has 0 aromatic heterocycles. The number of rotatable bonds is 3. The highest BCUT2D eigenvalue weighted by Crippen LogP contribution is 2.31. The van der Waals surface area contributed by atoms with E-state index in [1.807, 2.05) is 0 Å². The number of nitrogens with two attached hydrogens (primary N) is 2. The van der Waals surface area contributed by atoms with Crippen LogP contribution < -0.4 is 16.8 Å². The van der Waals surface area contributed by atoms with E-state index in [2.05, 4.69) is 5.32 Å². The average Bonchev–Trinajstić information content (AvgIpc) is 2.31. The Bertz CT molecular complexity index is 759. The van der Waals surface area contributed by atoms with Crippen LogP contribution in [-0.4, -0.2) is 18.1 Å². The summed E-state index contributed by atoms with van der Waals surface area (Å²) in [7, 11) is -4.40. The second kappa shape index (κ2) is 4.91. The molecule has 2 aromatic rings. The molecule has 0 aliphatic heterocycles. The van der Waals surface area contributed by atoms with Crippen molar-refractivity contribution in [2.75, 3.05) is 16.8 Å². The molecule has 2 rings (SSSR count). The van der Waals surface area contributed by atoms with Gasteiger partial charge in [-0.25, -0.2) is 0 Å². The molecule has 0 aliphatic rings. The van der Waals surface area contributed by atoms with E-state index in [1.165, 1.54) is 36.4 Å². The number of nitrogens with one attached hydrogen (secondary N) is 1. The zero-order valence-corrected chi connectivity index (χ0v) is 11.1. The first kappa shape index (κ1) is 14.0. The lowest BCUT2D eigenvalue weighted by Gasteiger charge is -2.13. The van der Waals surface area contributed by atoms with E-state index in [1.54, 1.807) is 0 Å². The summed E-state index contributed by atoms with van der Waals surface area (Å²) in [5.41, 5.74) is 12.3. The van der Waals surface area contributed by atoms with Gasteiger partial charge in [-0.2, -0.15) is 8.42 Å². The van der Waals surface area contributed by atoms with Crippen LogP contribution in [-0.2, 0) is 10.1 Å². The first-order chi connectivity index (χ1) is 9.27. The Morgan fingerprint density at radius 1 is 1.00 bits per heavy atom. The van der Waals surface area contributed by atoms with Crippen molar-refractivity contribution in [3.8, 4) is 5.75 Å². The fourth-order valence-corrected chi connectivity index (χ4v) is 2.31. The normalized spacial score (nSPS) is 11.2. The highest BCUT2D eigenvalue weighted by molar-refractivity contribution is 7.86. The molecule has 0 bridgehead atoms. The Morgan fingerprint density at radius 3 is 2.30 bits per heavy atom. The highest BCUT2D eigenvalue weighted by Gasteiger charge is 2.16. The number of phenols is 1. The Kier molecular flexibility index (Phi) is 3.43. The number of phenolic OH excluding ortho intramolecular Hbond substituents is 1. The molecule has 0 radical (unpaired) electrons. The molecular formula is C12H13N3O4S. The average molecular weight is 295 g/mol. The monoisotopic (exact) mass is 295 g/mol. The van der Waals surface area contributed by atoms with Gasteiger partial charge in [-0.3, -0.25) is 4.55 Å². The molecule has 0 saturated carbocycles. The van der Waals surface area contributed by atoms with E-state index in [4.69, 9.17) is 11.5 Å². The minimum Gasteiger partial charge on any atom is -0.508 e. The van der Waals surface area contributed by atoms with Crippen LogP contribution in [0.4, 0.5) is 22.7 Å². The number of aromatic hydroxyl groups is 1. The third-order valence-corrected chi connectivity index (χ3v) is 3.50. The van der Waals surface area contributed by atoms with E-state index in [9.17, 15) is 18.1 Å². The van der Waals surface area contributed by atoms with Crippen LogP contribution in [0.15, 0.2) is 41.3 Å². The first-order valence-corrected chi connectivity index (χ1v) is 6.94. The van der Waals surface area contributed by atoms with Crippen molar-refractivity contribution < 1.29 is 18.1 Å². The highest BCUT2D eigenvalue weighted by atomic mass is 32.2. The van der Waals surface area contributed by atoms with Crippen LogP contribution in [0.1, 0.15) is 0 Å². The van der Waals surface area contributed by atoms with E-state index >= 15 is 0 Å². The largest absolute Gasteiger partial charge is 0.508 e. The molecule has 0 unspecified atom stereocenters. The van der Waals surface area contributed by atoms with Gasteiger partial charge in [0.05, 0.1) is 17.1 Å². The fourth-order valence-electron chi connectivity index (χ4n) is 1.68. The smallest absolute Gasteiger partial charge is 0.296 e. The summed E-state index contributed by atoms with van der Waals surface area (Å²) in [6.07, 6.45) is 0. The van der Waals surface area contributed by atoms with Gasteiger partial charge in [-0.15, -0.1) is 0 Å². The van der Waals surface area contributed by atoms with Crippen LogP contribution in [0.3, 0.4) is 0 Å².